The summed E-state index contributed by atoms with van der Waals surface area (Å²) in [6.45, 7) is 8.34. The fourth-order valence-corrected chi connectivity index (χ4v) is 4.64. The second-order valence-electron chi connectivity index (χ2n) is 6.97. The molecule has 0 aliphatic heterocycles. The maximum absolute atomic E-state index is 13.5. The van der Waals surface area contributed by atoms with E-state index in [2.05, 4.69) is 23.7 Å². The summed E-state index contributed by atoms with van der Waals surface area (Å²) in [7, 11) is 0. The van der Waals surface area contributed by atoms with Gasteiger partial charge in [0, 0.05) is 13.0 Å². The normalized spacial score (nSPS) is 11.7. The Balaban J connectivity index is 1.97. The van der Waals surface area contributed by atoms with E-state index in [1.807, 2.05) is 31.2 Å². The number of nitrogens with zero attached hydrogens (tertiary/aromatic N) is 2. The van der Waals surface area contributed by atoms with Gasteiger partial charge in [-0.05, 0) is 37.4 Å². The van der Waals surface area contributed by atoms with Crippen molar-refractivity contribution < 1.29 is 9.52 Å². The molecule has 150 valence electrons. The number of benzene rings is 2. The zero-order valence-corrected chi connectivity index (χ0v) is 17.7. The second-order valence-corrected chi connectivity index (χ2v) is 8.00. The number of rotatable bonds is 6. The minimum atomic E-state index is -0.0945. The molecule has 1 N–H and O–H groups in total. The van der Waals surface area contributed by atoms with Gasteiger partial charge in [0.05, 0.1) is 26.7 Å². The third-order valence-electron chi connectivity index (χ3n) is 5.32. The molecule has 0 aliphatic rings. The highest BCUT2D eigenvalue weighted by atomic mass is 32.1. The lowest BCUT2D eigenvalue weighted by molar-refractivity contribution is 0.290. The van der Waals surface area contributed by atoms with Gasteiger partial charge in [0.2, 0.25) is 5.43 Å². The number of hydrogen-bond donors (Lipinski definition) is 1. The van der Waals surface area contributed by atoms with Gasteiger partial charge in [0.15, 0.2) is 0 Å². The van der Waals surface area contributed by atoms with E-state index < -0.39 is 0 Å². The van der Waals surface area contributed by atoms with E-state index >= 15 is 0 Å². The van der Waals surface area contributed by atoms with Crippen molar-refractivity contribution >= 4 is 32.5 Å². The zero-order chi connectivity index (χ0) is 20.5. The van der Waals surface area contributed by atoms with Crippen LogP contribution < -0.4 is 5.43 Å². The van der Waals surface area contributed by atoms with E-state index in [0.29, 0.717) is 45.8 Å². The summed E-state index contributed by atoms with van der Waals surface area (Å²) < 4.78 is 7.29. The molecule has 29 heavy (non-hydrogen) atoms. The first-order valence-corrected chi connectivity index (χ1v) is 10.8. The maximum atomic E-state index is 13.5. The molecule has 0 radical (unpaired) electrons. The standard InChI is InChI=1S/C23H24N2O3S/c1-4-18-20(23-24-16-9-7-8-10-19(16)29-23)21(27)14-11-12-17(26)15(22(14)28-18)13-25(5-2)6-3/h7-12,26H,4-6,13H2,1-3H3. The first-order chi connectivity index (χ1) is 14.1. The van der Waals surface area contributed by atoms with Gasteiger partial charge in [0.1, 0.15) is 22.1 Å². The molecule has 4 aromatic rings. The highest BCUT2D eigenvalue weighted by Gasteiger charge is 2.22. The average Bonchev–Trinajstić information content (AvgIpc) is 3.16. The Kier molecular flexibility index (Phi) is 5.39. The average molecular weight is 409 g/mol. The van der Waals surface area contributed by atoms with Crippen molar-refractivity contribution in [2.24, 2.45) is 0 Å². The Bertz CT molecular complexity index is 1210. The first-order valence-electron chi connectivity index (χ1n) is 9.96. The van der Waals surface area contributed by atoms with Crippen LogP contribution in [0.15, 0.2) is 45.6 Å². The number of phenols is 1. The predicted octanol–water partition coefficient (Wildman–Crippen LogP) is 5.18. The summed E-state index contributed by atoms with van der Waals surface area (Å²) in [4.78, 5) is 20.3. The molecule has 2 heterocycles. The van der Waals surface area contributed by atoms with Crippen LogP contribution in [0, 0.1) is 0 Å². The largest absolute Gasteiger partial charge is 0.507 e. The number of aryl methyl sites for hydroxylation is 1. The van der Waals surface area contributed by atoms with Gasteiger partial charge in [-0.2, -0.15) is 0 Å². The molecule has 0 aliphatic carbocycles. The number of thiazole rings is 1. The number of phenolic OH excluding ortho intramolecular Hbond substituents is 1. The molecule has 0 fully saturated rings. The third kappa shape index (κ3) is 3.43. The molecule has 0 spiro atoms. The lowest BCUT2D eigenvalue weighted by Gasteiger charge is -2.20. The van der Waals surface area contributed by atoms with Crippen molar-refractivity contribution in [2.45, 2.75) is 33.7 Å². The molecule has 0 saturated carbocycles. The van der Waals surface area contributed by atoms with Crippen molar-refractivity contribution in [3.05, 3.63) is 57.9 Å². The molecule has 0 atom stereocenters. The predicted molar refractivity (Wildman–Crippen MR) is 119 cm³/mol. The third-order valence-corrected chi connectivity index (χ3v) is 6.37. The zero-order valence-electron chi connectivity index (χ0n) is 16.9. The van der Waals surface area contributed by atoms with E-state index in [-0.39, 0.29) is 11.2 Å². The van der Waals surface area contributed by atoms with Crippen molar-refractivity contribution in [3.8, 4) is 16.3 Å². The van der Waals surface area contributed by atoms with Gasteiger partial charge in [0.25, 0.3) is 0 Å². The molecule has 4 rings (SSSR count). The summed E-state index contributed by atoms with van der Waals surface area (Å²) in [5, 5.41) is 11.6. The number of aromatic nitrogens is 1. The molecular formula is C23H24N2O3S. The summed E-state index contributed by atoms with van der Waals surface area (Å²) in [6.07, 6.45) is 0.566. The summed E-state index contributed by atoms with van der Waals surface area (Å²) >= 11 is 1.50. The van der Waals surface area contributed by atoms with Crippen molar-refractivity contribution in [3.63, 3.8) is 0 Å². The van der Waals surface area contributed by atoms with Crippen LogP contribution in [-0.4, -0.2) is 28.1 Å². The number of hydrogen-bond acceptors (Lipinski definition) is 6. The maximum Gasteiger partial charge on any atom is 0.203 e. The van der Waals surface area contributed by atoms with Gasteiger partial charge in [-0.25, -0.2) is 4.98 Å². The van der Waals surface area contributed by atoms with Crippen LogP contribution in [0.2, 0.25) is 0 Å². The quantitative estimate of drug-likeness (QED) is 0.476. The minimum absolute atomic E-state index is 0.0945. The van der Waals surface area contributed by atoms with Crippen LogP contribution in [0.4, 0.5) is 0 Å². The minimum Gasteiger partial charge on any atom is -0.507 e. The van der Waals surface area contributed by atoms with E-state index in [9.17, 15) is 9.90 Å². The van der Waals surface area contributed by atoms with Crippen LogP contribution >= 0.6 is 11.3 Å². The molecule has 0 unspecified atom stereocenters. The Morgan fingerprint density at radius 2 is 1.86 bits per heavy atom. The van der Waals surface area contributed by atoms with Crippen molar-refractivity contribution in [2.75, 3.05) is 13.1 Å². The van der Waals surface area contributed by atoms with Crippen LogP contribution in [0.5, 0.6) is 5.75 Å². The number of fused-ring (bicyclic) bond motifs is 2. The molecule has 2 aromatic heterocycles. The topological polar surface area (TPSA) is 66.6 Å². The molecule has 6 heteroatoms. The second kappa shape index (κ2) is 7.97. The summed E-state index contributed by atoms with van der Waals surface area (Å²) in [5.41, 5.74) is 2.45. The fraction of sp³-hybridized carbons (Fsp3) is 0.304. The van der Waals surface area contributed by atoms with E-state index in [4.69, 9.17) is 4.42 Å². The Hall–Kier alpha value is -2.70. The molecule has 0 amide bonds. The Morgan fingerprint density at radius 3 is 2.55 bits per heavy atom. The van der Waals surface area contributed by atoms with Gasteiger partial charge < -0.3 is 9.52 Å². The van der Waals surface area contributed by atoms with Crippen LogP contribution in [0.3, 0.4) is 0 Å². The SMILES string of the molecule is CCc1oc2c(CN(CC)CC)c(O)ccc2c(=O)c1-c1nc2ccccc2s1. The monoisotopic (exact) mass is 408 g/mol. The van der Waals surface area contributed by atoms with Gasteiger partial charge in [-0.15, -0.1) is 11.3 Å². The molecule has 0 saturated heterocycles. The molecule has 5 nitrogen and oxygen atoms in total. The van der Waals surface area contributed by atoms with E-state index in [1.165, 1.54) is 11.3 Å². The molecule has 0 bridgehead atoms. The Labute approximate surface area is 173 Å². The number of para-hydroxylation sites is 1. The first kappa shape index (κ1) is 19.6. The van der Waals surface area contributed by atoms with Crippen molar-refractivity contribution in [1.29, 1.82) is 0 Å². The lowest BCUT2D eigenvalue weighted by atomic mass is 10.0. The Morgan fingerprint density at radius 1 is 1.10 bits per heavy atom. The van der Waals surface area contributed by atoms with Crippen LogP contribution in [-0.2, 0) is 13.0 Å². The summed E-state index contributed by atoms with van der Waals surface area (Å²) in [5.74, 6) is 0.760. The van der Waals surface area contributed by atoms with Crippen molar-refractivity contribution in [1.82, 2.24) is 9.88 Å². The summed E-state index contributed by atoms with van der Waals surface area (Å²) in [6, 6.07) is 11.1. The highest BCUT2D eigenvalue weighted by molar-refractivity contribution is 7.21. The van der Waals surface area contributed by atoms with Crippen LogP contribution in [0.1, 0.15) is 32.1 Å². The van der Waals surface area contributed by atoms with E-state index in [0.717, 1.165) is 23.3 Å². The molecule has 2 aromatic carbocycles. The van der Waals surface area contributed by atoms with Crippen LogP contribution in [0.25, 0.3) is 31.8 Å². The molecular weight excluding hydrogens is 384 g/mol. The highest BCUT2D eigenvalue weighted by Crippen LogP contribution is 2.34. The fourth-order valence-electron chi connectivity index (χ4n) is 3.62. The van der Waals surface area contributed by atoms with Gasteiger partial charge in [-0.3, -0.25) is 9.69 Å². The smallest absolute Gasteiger partial charge is 0.203 e. The number of aromatic hydroxyl groups is 1. The lowest BCUT2D eigenvalue weighted by Crippen LogP contribution is -2.22. The van der Waals surface area contributed by atoms with Gasteiger partial charge in [-0.1, -0.05) is 32.9 Å². The van der Waals surface area contributed by atoms with E-state index in [1.54, 1.807) is 12.1 Å². The van der Waals surface area contributed by atoms with Gasteiger partial charge >= 0.3 is 0 Å².